The smallest absolute Gasteiger partial charge is 0.120 e. The molecule has 0 aliphatic carbocycles. The van der Waals surface area contributed by atoms with Crippen molar-refractivity contribution in [3.8, 4) is 22.5 Å². The molecule has 163 valence electrons. The van der Waals surface area contributed by atoms with Crippen LogP contribution in [0.25, 0.3) is 44.5 Å². The number of aromatic nitrogens is 2. The molecule has 0 atom stereocenters. The predicted octanol–water partition coefficient (Wildman–Crippen LogP) is 7.30. The number of benzene rings is 3. The van der Waals surface area contributed by atoms with Crippen molar-refractivity contribution in [2.24, 2.45) is 0 Å². The Morgan fingerprint density at radius 3 is 2.58 bits per heavy atom. The van der Waals surface area contributed by atoms with Gasteiger partial charge in [-0.15, -0.1) is 54.1 Å². The molecule has 3 heterocycles. The fourth-order valence-electron chi connectivity index (χ4n) is 3.32. The first-order chi connectivity index (χ1) is 18.6. The van der Waals surface area contributed by atoms with Gasteiger partial charge in [0.1, 0.15) is 5.58 Å². The maximum atomic E-state index is 8.07. The molecule has 0 aliphatic heterocycles. The molecule has 0 amide bonds. The predicted molar refractivity (Wildman–Crippen MR) is 129 cm³/mol. The molecule has 0 N–H and O–H groups in total. The van der Waals surface area contributed by atoms with E-state index < -0.39 is 6.85 Å². The minimum atomic E-state index is -2.09. The van der Waals surface area contributed by atoms with E-state index in [1.165, 1.54) is 6.20 Å². The zero-order chi connectivity index (χ0) is 27.7. The van der Waals surface area contributed by atoms with Crippen LogP contribution in [0.1, 0.15) is 15.2 Å². The Morgan fingerprint density at radius 2 is 1.76 bits per heavy atom. The molecule has 3 aromatic heterocycles. The van der Waals surface area contributed by atoms with Crippen molar-refractivity contribution in [2.45, 2.75) is 6.85 Å². The van der Waals surface area contributed by atoms with E-state index >= 15 is 0 Å². The van der Waals surface area contributed by atoms with Gasteiger partial charge in [0.25, 0.3) is 0 Å². The van der Waals surface area contributed by atoms with Crippen molar-refractivity contribution in [1.29, 1.82) is 0 Å². The maximum Gasteiger partial charge on any atom is 0.120 e. The van der Waals surface area contributed by atoms with Crippen molar-refractivity contribution in [2.75, 3.05) is 0 Å². The molecule has 0 saturated heterocycles. The molecule has 4 heteroatoms. The first-order valence-corrected chi connectivity index (χ1v) is 9.85. The Hall–Kier alpha value is -3.59. The maximum absolute atomic E-state index is 8.07. The Bertz CT molecular complexity index is 1790. The molecular formula is C29H20IrN2O-2. The molecule has 3 nitrogen and oxygen atoms in total. The molecular weight excluding hydrogens is 585 g/mol. The molecule has 6 rings (SSSR count). The number of fused-ring (bicyclic) bond motifs is 3. The molecule has 0 bridgehead atoms. The van der Waals surface area contributed by atoms with Crippen LogP contribution in [0.4, 0.5) is 0 Å². The van der Waals surface area contributed by atoms with Gasteiger partial charge >= 0.3 is 0 Å². The largest absolute Gasteiger partial charge is 0.501 e. The fraction of sp³-hybridized carbons (Fsp3) is 0.0345. The monoisotopic (exact) mass is 612 g/mol. The quantitative estimate of drug-likeness (QED) is 0.193. The van der Waals surface area contributed by atoms with E-state index in [0.29, 0.717) is 16.7 Å². The van der Waals surface area contributed by atoms with Gasteiger partial charge in [-0.25, -0.2) is 0 Å². The number of para-hydroxylation sites is 1. The van der Waals surface area contributed by atoms with Crippen LogP contribution in [0, 0.1) is 19.0 Å². The van der Waals surface area contributed by atoms with Crippen molar-refractivity contribution in [1.82, 2.24) is 9.97 Å². The van der Waals surface area contributed by atoms with Crippen LogP contribution in [0.15, 0.2) is 108 Å². The molecule has 0 saturated carbocycles. The summed E-state index contributed by atoms with van der Waals surface area (Å²) in [5.41, 5.74) is 3.65. The second-order valence-corrected chi connectivity index (χ2v) is 6.85. The number of pyridine rings is 2. The van der Waals surface area contributed by atoms with Crippen LogP contribution >= 0.6 is 0 Å². The summed E-state index contributed by atoms with van der Waals surface area (Å²) >= 11 is 0. The zero-order valence-electron chi connectivity index (χ0n) is 24.1. The third kappa shape index (κ3) is 4.93. The first-order valence-electron chi connectivity index (χ1n) is 13.4. The molecule has 0 unspecified atom stereocenters. The van der Waals surface area contributed by atoms with E-state index in [0.717, 1.165) is 22.0 Å². The number of aryl methyl sites for hydroxylation is 1. The van der Waals surface area contributed by atoms with E-state index in [9.17, 15) is 0 Å². The second kappa shape index (κ2) is 10.4. The van der Waals surface area contributed by atoms with Gasteiger partial charge in [0.2, 0.25) is 0 Å². The second-order valence-electron chi connectivity index (χ2n) is 6.85. The van der Waals surface area contributed by atoms with Crippen LogP contribution < -0.4 is 0 Å². The Labute approximate surface area is 216 Å². The summed E-state index contributed by atoms with van der Waals surface area (Å²) in [6.07, 6.45) is 1.06. The summed E-state index contributed by atoms with van der Waals surface area (Å²) in [6, 6.07) is 27.1. The number of rotatable bonds is 2. The number of hydrogen-bond acceptors (Lipinski definition) is 3. The molecule has 6 aromatic rings. The SMILES string of the molecule is [2H]C([2H])([2H])c1ccc(-c2[c-]cccc2)nc1.[2H]c1nc(-c2[c-]ccc3c2oc2ccccc23)c([2H])c([2H])c1[2H].[Ir]. The minimum absolute atomic E-state index is 0. The summed E-state index contributed by atoms with van der Waals surface area (Å²) < 4.78 is 58.8. The third-order valence-corrected chi connectivity index (χ3v) is 4.79. The molecule has 0 aliphatic rings. The first kappa shape index (κ1) is 15.3. The van der Waals surface area contributed by atoms with Gasteiger partial charge in [-0.1, -0.05) is 53.4 Å². The van der Waals surface area contributed by atoms with E-state index in [4.69, 9.17) is 14.0 Å². The Morgan fingerprint density at radius 1 is 0.848 bits per heavy atom. The molecule has 0 spiro atoms. The van der Waals surface area contributed by atoms with Crippen molar-refractivity contribution >= 4 is 21.9 Å². The van der Waals surface area contributed by atoms with Gasteiger partial charge in [0, 0.05) is 42.0 Å². The summed E-state index contributed by atoms with van der Waals surface area (Å²) in [7, 11) is 0. The third-order valence-electron chi connectivity index (χ3n) is 4.79. The van der Waals surface area contributed by atoms with E-state index in [1.807, 2.05) is 48.5 Å². The van der Waals surface area contributed by atoms with Crippen LogP contribution in [-0.4, -0.2) is 9.97 Å². The van der Waals surface area contributed by atoms with Gasteiger partial charge < -0.3 is 14.4 Å². The van der Waals surface area contributed by atoms with E-state index in [-0.39, 0.29) is 55.7 Å². The van der Waals surface area contributed by atoms with Crippen molar-refractivity contribution in [3.63, 3.8) is 0 Å². The summed E-state index contributed by atoms with van der Waals surface area (Å²) in [5, 5.41) is 1.81. The Balaban J connectivity index is 0.000000192. The minimum Gasteiger partial charge on any atom is -0.501 e. The van der Waals surface area contributed by atoms with E-state index in [1.54, 1.807) is 24.3 Å². The summed E-state index contributed by atoms with van der Waals surface area (Å²) in [4.78, 5) is 8.13. The van der Waals surface area contributed by atoms with Crippen LogP contribution in [-0.2, 0) is 20.1 Å². The summed E-state index contributed by atoms with van der Waals surface area (Å²) in [5.74, 6) is 0. The average Bonchev–Trinajstić information content (AvgIpc) is 3.33. The normalized spacial score (nSPS) is 13.8. The van der Waals surface area contributed by atoms with Crippen molar-refractivity contribution < 1.29 is 34.1 Å². The van der Waals surface area contributed by atoms with Gasteiger partial charge in [0.05, 0.1) is 11.1 Å². The topological polar surface area (TPSA) is 38.9 Å². The summed E-state index contributed by atoms with van der Waals surface area (Å²) in [6.45, 7) is -2.09. The van der Waals surface area contributed by atoms with Gasteiger partial charge in [-0.3, -0.25) is 0 Å². The fourth-order valence-corrected chi connectivity index (χ4v) is 3.32. The molecule has 0 fully saturated rings. The zero-order valence-corrected chi connectivity index (χ0v) is 19.5. The standard InChI is InChI=1S/C17H10NO.C12H10N.Ir/c1-2-10-16-12(6-1)13-7-5-8-14(17(13)19-16)15-9-3-4-11-18-15;1-10-7-8-12(13-9-10)11-5-3-2-4-6-11;/h1-7,9-11H;2-5,7-9H,1H3;/q2*-1;/i3D,4D,9D,11D;1D3;. The number of furan rings is 1. The van der Waals surface area contributed by atoms with Crippen LogP contribution in [0.5, 0.6) is 0 Å². The van der Waals surface area contributed by atoms with Gasteiger partial charge in [0.15, 0.2) is 0 Å². The van der Waals surface area contributed by atoms with E-state index in [2.05, 4.69) is 22.1 Å². The van der Waals surface area contributed by atoms with Gasteiger partial charge in [-0.2, -0.15) is 0 Å². The van der Waals surface area contributed by atoms with Crippen LogP contribution in [0.2, 0.25) is 0 Å². The van der Waals surface area contributed by atoms with Crippen molar-refractivity contribution in [3.05, 3.63) is 121 Å². The molecule has 3 aromatic carbocycles. The van der Waals surface area contributed by atoms with Gasteiger partial charge in [-0.05, 0) is 35.9 Å². The van der Waals surface area contributed by atoms with Crippen LogP contribution in [0.3, 0.4) is 0 Å². The molecule has 1 radical (unpaired) electrons. The Kier molecular flexibility index (Phi) is 4.79. The molecule has 33 heavy (non-hydrogen) atoms. The average molecular weight is 612 g/mol. The number of hydrogen-bond donors (Lipinski definition) is 0. The number of nitrogens with zero attached hydrogens (tertiary/aromatic N) is 2.